The van der Waals surface area contributed by atoms with E-state index in [9.17, 15) is 14.0 Å². The van der Waals surface area contributed by atoms with Crippen LogP contribution in [0.4, 0.5) is 19.7 Å². The molecule has 0 atom stereocenters. The van der Waals surface area contributed by atoms with Crippen LogP contribution in [0.1, 0.15) is 5.56 Å². The first kappa shape index (κ1) is 15.6. The number of benzene rings is 1. The minimum absolute atomic E-state index is 0.0921. The van der Waals surface area contributed by atoms with Crippen molar-refractivity contribution in [2.75, 3.05) is 25.1 Å². The van der Waals surface area contributed by atoms with Gasteiger partial charge in [0.15, 0.2) is 0 Å². The Bertz CT molecular complexity index is 617. The molecule has 0 spiro atoms. The van der Waals surface area contributed by atoms with Crippen LogP contribution in [0.25, 0.3) is 0 Å². The highest BCUT2D eigenvalue weighted by molar-refractivity contribution is 5.89. The van der Waals surface area contributed by atoms with Crippen LogP contribution in [0.3, 0.4) is 0 Å². The number of carbonyl (C=O) groups is 2. The van der Waals surface area contributed by atoms with E-state index in [1.807, 2.05) is 0 Å². The highest BCUT2D eigenvalue weighted by Gasteiger charge is 2.22. The van der Waals surface area contributed by atoms with Crippen molar-refractivity contribution in [1.29, 1.82) is 0 Å². The number of nitrogens with one attached hydrogen (secondary N) is 1. The van der Waals surface area contributed by atoms with Crippen LogP contribution in [0.15, 0.2) is 30.1 Å². The number of fused-ring (bicyclic) bond motifs is 1. The van der Waals surface area contributed by atoms with Crippen molar-refractivity contribution in [2.45, 2.75) is 6.61 Å². The zero-order valence-electron chi connectivity index (χ0n) is 11.8. The van der Waals surface area contributed by atoms with Gasteiger partial charge in [-0.2, -0.15) is 0 Å². The Kier molecular flexibility index (Phi) is 4.82. The van der Waals surface area contributed by atoms with E-state index in [1.54, 1.807) is 25.2 Å². The van der Waals surface area contributed by atoms with Gasteiger partial charge in [0.2, 0.25) is 0 Å². The quantitative estimate of drug-likeness (QED) is 0.871. The normalized spacial score (nSPS) is 14.2. The minimum atomic E-state index is -1.24. The maximum atomic E-state index is 12.6. The largest absolute Gasteiger partial charge is 0.489 e. The molecule has 118 valence electrons. The standard InChI is InChI=1S/C14H15FN2O5/c1-17-12-3-2-11(4-10(12)8-22-14(17)20)21-7-9(5-15)6-16-13(18)19/h2-5,16H,6-8H2,1H3,(H,18,19)/b9-5+. The fourth-order valence-corrected chi connectivity index (χ4v) is 1.92. The lowest BCUT2D eigenvalue weighted by Gasteiger charge is -2.25. The molecular formula is C14H15FN2O5. The van der Waals surface area contributed by atoms with Gasteiger partial charge < -0.3 is 19.9 Å². The third-order valence-corrected chi connectivity index (χ3v) is 3.08. The van der Waals surface area contributed by atoms with Crippen LogP contribution in [0.2, 0.25) is 0 Å². The number of hydrogen-bond donors (Lipinski definition) is 2. The summed E-state index contributed by atoms with van der Waals surface area (Å²) >= 11 is 0. The van der Waals surface area contributed by atoms with Crippen molar-refractivity contribution in [1.82, 2.24) is 5.32 Å². The van der Waals surface area contributed by atoms with Crippen molar-refractivity contribution in [3.8, 4) is 5.75 Å². The molecule has 7 nitrogen and oxygen atoms in total. The molecule has 1 aromatic carbocycles. The zero-order valence-corrected chi connectivity index (χ0v) is 11.8. The predicted octanol–water partition coefficient (Wildman–Crippen LogP) is 2.27. The first-order valence-electron chi connectivity index (χ1n) is 6.42. The molecule has 0 fully saturated rings. The van der Waals surface area contributed by atoms with Gasteiger partial charge in [0.1, 0.15) is 19.0 Å². The lowest BCUT2D eigenvalue weighted by molar-refractivity contribution is 0.143. The molecule has 2 amide bonds. The molecule has 8 heteroatoms. The number of carbonyl (C=O) groups excluding carboxylic acids is 1. The second-order valence-corrected chi connectivity index (χ2v) is 4.62. The van der Waals surface area contributed by atoms with Gasteiger partial charge in [-0.25, -0.2) is 14.0 Å². The third-order valence-electron chi connectivity index (χ3n) is 3.08. The zero-order chi connectivity index (χ0) is 16.1. The molecule has 0 aliphatic carbocycles. The Labute approximate surface area is 125 Å². The maximum Gasteiger partial charge on any atom is 0.414 e. The van der Waals surface area contributed by atoms with Crippen molar-refractivity contribution >= 4 is 17.9 Å². The van der Waals surface area contributed by atoms with Gasteiger partial charge >= 0.3 is 12.2 Å². The number of nitrogens with zero attached hydrogens (tertiary/aromatic N) is 1. The second-order valence-electron chi connectivity index (χ2n) is 4.62. The van der Waals surface area contributed by atoms with Gasteiger partial charge in [0, 0.05) is 24.7 Å². The lowest BCUT2D eigenvalue weighted by atomic mass is 10.1. The van der Waals surface area contributed by atoms with Crippen LogP contribution >= 0.6 is 0 Å². The Morgan fingerprint density at radius 2 is 2.36 bits per heavy atom. The topological polar surface area (TPSA) is 88.1 Å². The molecule has 2 N–H and O–H groups in total. The number of halogens is 1. The van der Waals surface area contributed by atoms with E-state index < -0.39 is 12.2 Å². The molecule has 0 unspecified atom stereocenters. The second kappa shape index (κ2) is 6.79. The average Bonchev–Trinajstić information content (AvgIpc) is 2.51. The van der Waals surface area contributed by atoms with E-state index in [0.29, 0.717) is 12.1 Å². The average molecular weight is 310 g/mol. The summed E-state index contributed by atoms with van der Waals surface area (Å²) in [4.78, 5) is 23.1. The fraction of sp³-hybridized carbons (Fsp3) is 0.286. The molecule has 0 bridgehead atoms. The first-order chi connectivity index (χ1) is 10.5. The number of cyclic esters (lactones) is 1. The number of amides is 2. The molecule has 1 heterocycles. The summed E-state index contributed by atoms with van der Waals surface area (Å²) in [5.74, 6) is 0.472. The SMILES string of the molecule is CN1C(=O)OCc2cc(OC/C(=C/F)CNC(=O)O)ccc21. The van der Waals surface area contributed by atoms with Gasteiger partial charge in [-0.3, -0.25) is 4.90 Å². The molecule has 1 aromatic rings. The Hall–Kier alpha value is -2.77. The van der Waals surface area contributed by atoms with E-state index in [2.05, 4.69) is 5.32 Å². The highest BCUT2D eigenvalue weighted by Crippen LogP contribution is 2.29. The summed E-state index contributed by atoms with van der Waals surface area (Å²) in [6.07, 6.45) is -1.36. The van der Waals surface area contributed by atoms with E-state index in [-0.39, 0.29) is 25.3 Å². The van der Waals surface area contributed by atoms with Crippen LogP contribution in [-0.4, -0.2) is 37.5 Å². The summed E-state index contributed by atoms with van der Waals surface area (Å²) in [5, 5.41) is 10.5. The van der Waals surface area contributed by atoms with Crippen LogP contribution in [0.5, 0.6) is 5.75 Å². The van der Waals surface area contributed by atoms with Crippen molar-refractivity contribution in [3.05, 3.63) is 35.7 Å². The summed E-state index contributed by atoms with van der Waals surface area (Å²) in [6, 6.07) is 5.05. The molecule has 0 saturated heterocycles. The van der Waals surface area contributed by atoms with Gasteiger partial charge in [-0.15, -0.1) is 0 Å². The third kappa shape index (κ3) is 3.66. The summed E-state index contributed by atoms with van der Waals surface area (Å²) in [7, 11) is 1.60. The molecule has 22 heavy (non-hydrogen) atoms. The number of rotatable bonds is 5. The Morgan fingerprint density at radius 3 is 3.05 bits per heavy atom. The minimum Gasteiger partial charge on any atom is -0.489 e. The van der Waals surface area contributed by atoms with Crippen LogP contribution in [0, 0.1) is 0 Å². The smallest absolute Gasteiger partial charge is 0.414 e. The lowest BCUT2D eigenvalue weighted by Crippen LogP contribution is -2.31. The molecule has 1 aliphatic heterocycles. The maximum absolute atomic E-state index is 12.6. The van der Waals surface area contributed by atoms with Crippen LogP contribution < -0.4 is 15.0 Å². The van der Waals surface area contributed by atoms with Crippen molar-refractivity contribution in [3.63, 3.8) is 0 Å². The summed E-state index contributed by atoms with van der Waals surface area (Å²) < 4.78 is 23.0. The molecule has 2 rings (SSSR count). The molecule has 0 saturated carbocycles. The van der Waals surface area contributed by atoms with Gasteiger partial charge in [-0.1, -0.05) is 0 Å². The number of anilines is 1. The van der Waals surface area contributed by atoms with E-state index >= 15 is 0 Å². The molecule has 0 radical (unpaired) electrons. The Balaban J connectivity index is 1.99. The monoisotopic (exact) mass is 310 g/mol. The van der Waals surface area contributed by atoms with Gasteiger partial charge in [0.25, 0.3) is 0 Å². The number of carboxylic acid groups (broad SMARTS) is 1. The van der Waals surface area contributed by atoms with Crippen molar-refractivity contribution < 1.29 is 28.6 Å². The van der Waals surface area contributed by atoms with E-state index in [4.69, 9.17) is 14.6 Å². The summed E-state index contributed by atoms with van der Waals surface area (Å²) in [6.45, 7) is -0.107. The molecular weight excluding hydrogens is 295 g/mol. The molecule has 1 aliphatic rings. The van der Waals surface area contributed by atoms with Crippen molar-refractivity contribution in [2.24, 2.45) is 0 Å². The van der Waals surface area contributed by atoms with E-state index in [0.717, 1.165) is 11.3 Å². The Morgan fingerprint density at radius 1 is 1.59 bits per heavy atom. The fourth-order valence-electron chi connectivity index (χ4n) is 1.92. The summed E-state index contributed by atoms with van der Waals surface area (Å²) in [5.41, 5.74) is 1.65. The first-order valence-corrected chi connectivity index (χ1v) is 6.42. The van der Waals surface area contributed by atoms with Crippen LogP contribution in [-0.2, 0) is 11.3 Å². The number of ether oxygens (including phenoxy) is 2. The van der Waals surface area contributed by atoms with Gasteiger partial charge in [0.05, 0.1) is 12.0 Å². The molecule has 0 aromatic heterocycles. The van der Waals surface area contributed by atoms with Gasteiger partial charge in [-0.05, 0) is 18.2 Å². The van der Waals surface area contributed by atoms with E-state index in [1.165, 1.54) is 4.90 Å². The highest BCUT2D eigenvalue weighted by atomic mass is 19.1. The number of hydrogen-bond acceptors (Lipinski definition) is 4. The predicted molar refractivity (Wildman–Crippen MR) is 75.7 cm³/mol.